The van der Waals surface area contributed by atoms with Crippen molar-refractivity contribution in [2.75, 3.05) is 11.9 Å². The average molecular weight is 355 g/mol. The normalized spacial score (nSPS) is 10.2. The van der Waals surface area contributed by atoms with Crippen molar-refractivity contribution in [3.63, 3.8) is 0 Å². The summed E-state index contributed by atoms with van der Waals surface area (Å²) < 4.78 is 4.89. The van der Waals surface area contributed by atoms with Gasteiger partial charge in [-0.05, 0) is 36.1 Å². The van der Waals surface area contributed by atoms with Crippen molar-refractivity contribution >= 4 is 46.2 Å². The average Bonchev–Trinajstić information content (AvgIpc) is 2.92. The van der Waals surface area contributed by atoms with Gasteiger partial charge in [0.2, 0.25) is 0 Å². The van der Waals surface area contributed by atoms with Crippen LogP contribution in [0.4, 0.5) is 11.4 Å². The number of ether oxygens (including phenoxy) is 1. The molecular formula is C14H11ClN2O5S. The van der Waals surface area contributed by atoms with E-state index in [4.69, 9.17) is 16.3 Å². The molecule has 0 spiro atoms. The van der Waals surface area contributed by atoms with Crippen LogP contribution in [0.25, 0.3) is 0 Å². The molecule has 1 heterocycles. The molecule has 0 aliphatic rings. The zero-order valence-electron chi connectivity index (χ0n) is 11.9. The first-order valence-electron chi connectivity index (χ1n) is 6.33. The van der Waals surface area contributed by atoms with Crippen LogP contribution in [0.3, 0.4) is 0 Å². The number of rotatable bonds is 5. The fourth-order valence-electron chi connectivity index (χ4n) is 1.73. The number of nitrogens with zero attached hydrogens (tertiary/aromatic N) is 1. The van der Waals surface area contributed by atoms with Gasteiger partial charge in [-0.3, -0.25) is 14.9 Å². The first-order valence-corrected chi connectivity index (χ1v) is 7.59. The van der Waals surface area contributed by atoms with E-state index in [1.165, 1.54) is 23.5 Å². The first-order chi connectivity index (χ1) is 10.9. The van der Waals surface area contributed by atoms with Crippen LogP contribution in [0, 0.1) is 17.0 Å². The Morgan fingerprint density at radius 1 is 1.39 bits per heavy atom. The number of nitrogens with one attached hydrogen (secondary N) is 1. The maximum atomic E-state index is 11.8. The van der Waals surface area contributed by atoms with Gasteiger partial charge in [-0.15, -0.1) is 11.3 Å². The summed E-state index contributed by atoms with van der Waals surface area (Å²) in [5.74, 6) is -1.30. The summed E-state index contributed by atoms with van der Waals surface area (Å²) in [4.78, 5) is 34.3. The summed E-state index contributed by atoms with van der Waals surface area (Å²) in [5, 5.41) is 15.2. The molecule has 0 aliphatic heterocycles. The number of anilines is 1. The van der Waals surface area contributed by atoms with E-state index in [0.717, 1.165) is 11.6 Å². The zero-order valence-corrected chi connectivity index (χ0v) is 13.4. The van der Waals surface area contributed by atoms with Gasteiger partial charge in [-0.2, -0.15) is 0 Å². The van der Waals surface area contributed by atoms with Crippen LogP contribution < -0.4 is 5.32 Å². The SMILES string of the molecule is Cc1ccsc1C(=O)OCC(=O)Nc1ccc(Cl)cc1[N+](=O)[O-]. The largest absolute Gasteiger partial charge is 0.451 e. The lowest BCUT2D eigenvalue weighted by atomic mass is 10.2. The summed E-state index contributed by atoms with van der Waals surface area (Å²) in [6.45, 7) is 1.21. The van der Waals surface area contributed by atoms with Gasteiger partial charge in [0.25, 0.3) is 11.6 Å². The number of aryl methyl sites for hydroxylation is 1. The minimum Gasteiger partial charge on any atom is -0.451 e. The number of hydrogen-bond donors (Lipinski definition) is 1. The molecule has 1 aromatic carbocycles. The van der Waals surface area contributed by atoms with Crippen LogP contribution in [0.5, 0.6) is 0 Å². The Hall–Kier alpha value is -2.45. The molecule has 0 saturated carbocycles. The van der Waals surface area contributed by atoms with Gasteiger partial charge >= 0.3 is 5.97 Å². The van der Waals surface area contributed by atoms with Crippen molar-refractivity contribution in [2.45, 2.75) is 6.92 Å². The highest BCUT2D eigenvalue weighted by Crippen LogP contribution is 2.27. The van der Waals surface area contributed by atoms with Crippen LogP contribution in [-0.4, -0.2) is 23.4 Å². The number of hydrogen-bond acceptors (Lipinski definition) is 6. The van der Waals surface area contributed by atoms with Crippen LogP contribution in [0.1, 0.15) is 15.2 Å². The van der Waals surface area contributed by atoms with Crippen LogP contribution in [-0.2, 0) is 9.53 Å². The Bertz CT molecular complexity index is 774. The number of carbonyl (C=O) groups excluding carboxylic acids is 2. The number of nitro groups is 1. The second-order valence-corrected chi connectivity index (χ2v) is 5.83. The molecule has 0 unspecified atom stereocenters. The number of amides is 1. The highest BCUT2D eigenvalue weighted by atomic mass is 35.5. The van der Waals surface area contributed by atoms with E-state index < -0.39 is 23.4 Å². The quantitative estimate of drug-likeness (QED) is 0.504. The zero-order chi connectivity index (χ0) is 17.0. The number of nitro benzene ring substituents is 1. The summed E-state index contributed by atoms with van der Waals surface area (Å²) >= 11 is 6.90. The van der Waals surface area contributed by atoms with E-state index in [9.17, 15) is 19.7 Å². The van der Waals surface area contributed by atoms with Crippen molar-refractivity contribution < 1.29 is 19.2 Å². The van der Waals surface area contributed by atoms with Gasteiger partial charge in [-0.25, -0.2) is 4.79 Å². The van der Waals surface area contributed by atoms with E-state index in [1.807, 2.05) is 0 Å². The summed E-state index contributed by atoms with van der Waals surface area (Å²) in [6, 6.07) is 5.60. The molecule has 9 heteroatoms. The minimum absolute atomic E-state index is 0.0206. The molecule has 2 aromatic rings. The van der Waals surface area contributed by atoms with Crippen LogP contribution in [0.15, 0.2) is 29.6 Å². The molecule has 0 aliphatic carbocycles. The van der Waals surface area contributed by atoms with Gasteiger partial charge in [-0.1, -0.05) is 11.6 Å². The molecule has 0 saturated heterocycles. The Kier molecular flexibility index (Phi) is 5.30. The van der Waals surface area contributed by atoms with Gasteiger partial charge in [0.05, 0.1) is 4.92 Å². The predicted molar refractivity (Wildman–Crippen MR) is 86.1 cm³/mol. The monoisotopic (exact) mass is 354 g/mol. The molecule has 23 heavy (non-hydrogen) atoms. The van der Waals surface area contributed by atoms with E-state index in [0.29, 0.717) is 4.88 Å². The second-order valence-electron chi connectivity index (χ2n) is 4.48. The number of thiophene rings is 1. The first kappa shape index (κ1) is 16.9. The lowest BCUT2D eigenvalue weighted by Crippen LogP contribution is -2.21. The van der Waals surface area contributed by atoms with E-state index in [-0.39, 0.29) is 16.4 Å². The van der Waals surface area contributed by atoms with Crippen molar-refractivity contribution in [1.29, 1.82) is 0 Å². The molecule has 0 atom stereocenters. The number of halogens is 1. The number of benzene rings is 1. The fraction of sp³-hybridized carbons (Fsp3) is 0.143. The standard InChI is InChI=1S/C14H11ClN2O5S/c1-8-4-5-23-13(8)14(19)22-7-12(18)16-10-3-2-9(15)6-11(10)17(20)21/h2-6H,7H2,1H3,(H,16,18). The summed E-state index contributed by atoms with van der Waals surface area (Å²) in [7, 11) is 0. The van der Waals surface area contributed by atoms with Crippen molar-refractivity contribution in [3.8, 4) is 0 Å². The Balaban J connectivity index is 1.99. The van der Waals surface area contributed by atoms with Gasteiger partial charge < -0.3 is 10.1 Å². The van der Waals surface area contributed by atoms with Gasteiger partial charge in [0.15, 0.2) is 6.61 Å². The third-order valence-electron chi connectivity index (χ3n) is 2.81. The Morgan fingerprint density at radius 2 is 2.13 bits per heavy atom. The smallest absolute Gasteiger partial charge is 0.349 e. The van der Waals surface area contributed by atoms with Crippen molar-refractivity contribution in [3.05, 3.63) is 55.2 Å². The molecule has 1 aromatic heterocycles. The van der Waals surface area contributed by atoms with Gasteiger partial charge in [0, 0.05) is 11.1 Å². The highest BCUT2D eigenvalue weighted by Gasteiger charge is 2.18. The molecule has 120 valence electrons. The third kappa shape index (κ3) is 4.27. The van der Waals surface area contributed by atoms with Crippen molar-refractivity contribution in [2.24, 2.45) is 0 Å². The summed E-state index contributed by atoms with van der Waals surface area (Å²) in [6.07, 6.45) is 0. The highest BCUT2D eigenvalue weighted by molar-refractivity contribution is 7.12. The fourth-order valence-corrected chi connectivity index (χ4v) is 2.71. The molecular weight excluding hydrogens is 344 g/mol. The molecule has 7 nitrogen and oxygen atoms in total. The Labute approximate surface area is 140 Å². The van der Waals surface area contributed by atoms with Crippen LogP contribution in [0.2, 0.25) is 5.02 Å². The molecule has 1 N–H and O–H groups in total. The maximum Gasteiger partial charge on any atom is 0.349 e. The topological polar surface area (TPSA) is 98.5 Å². The third-order valence-corrected chi connectivity index (χ3v) is 4.04. The Morgan fingerprint density at radius 3 is 2.74 bits per heavy atom. The molecule has 0 fully saturated rings. The minimum atomic E-state index is -0.682. The molecule has 2 rings (SSSR count). The van der Waals surface area contributed by atoms with E-state index >= 15 is 0 Å². The second kappa shape index (κ2) is 7.21. The summed E-state index contributed by atoms with van der Waals surface area (Å²) in [5.41, 5.74) is 0.396. The maximum absolute atomic E-state index is 11.8. The number of carbonyl (C=O) groups is 2. The van der Waals surface area contributed by atoms with Crippen LogP contribution >= 0.6 is 22.9 Å². The van der Waals surface area contributed by atoms with E-state index in [1.54, 1.807) is 18.4 Å². The lowest BCUT2D eigenvalue weighted by Gasteiger charge is -2.07. The number of esters is 1. The molecule has 1 amide bonds. The molecule has 0 bridgehead atoms. The van der Waals surface area contributed by atoms with Crippen molar-refractivity contribution in [1.82, 2.24) is 0 Å². The predicted octanol–water partition coefficient (Wildman–Crippen LogP) is 3.41. The van der Waals surface area contributed by atoms with E-state index in [2.05, 4.69) is 5.32 Å². The lowest BCUT2D eigenvalue weighted by molar-refractivity contribution is -0.383. The molecule has 0 radical (unpaired) electrons. The van der Waals surface area contributed by atoms with Gasteiger partial charge in [0.1, 0.15) is 10.6 Å².